The number of rotatable bonds is 7. The van der Waals surface area contributed by atoms with Crippen molar-refractivity contribution >= 4 is 39.9 Å². The third-order valence-electron chi connectivity index (χ3n) is 9.38. The number of carbonyl (C=O) groups excluding carboxylic acids is 5. The molecular weight excluding hydrogens is 666 g/mol. The number of hydrogen-bond donors (Lipinski definition) is 3. The molecule has 3 fully saturated rings. The van der Waals surface area contributed by atoms with E-state index in [4.69, 9.17) is 9.47 Å². The lowest BCUT2D eigenvalue weighted by atomic mass is 10.0. The first-order valence-corrected chi connectivity index (χ1v) is 18.9. The van der Waals surface area contributed by atoms with Crippen LogP contribution in [-0.2, 0) is 40.4 Å². The number of alkyl carbamates (subject to hydrolysis) is 1. The van der Waals surface area contributed by atoms with Crippen LogP contribution in [-0.4, -0.2) is 96.3 Å². The average Bonchev–Trinajstić information content (AvgIpc) is 3.96. The molecule has 2 heterocycles. The van der Waals surface area contributed by atoms with Crippen LogP contribution in [0, 0.1) is 5.92 Å². The molecule has 5 amide bonds. The molecule has 2 saturated carbocycles. The fraction of sp³-hybridized carbons (Fsp3) is 0.629. The SMILES string of the molecule is CN(Cc1ccccc1)C(=O)OC1C[C@H]2C(=O)N[C@]3(C(=O)NS(=O)(=O)C4CC4)C[C@H]3C=CCCCCC[C@H](NC(=O)OC(C)(C)C)C(=O)N2C1. The van der Waals surface area contributed by atoms with Crippen LogP contribution in [0.15, 0.2) is 42.5 Å². The highest BCUT2D eigenvalue weighted by Crippen LogP contribution is 2.46. The molecule has 0 bridgehead atoms. The van der Waals surface area contributed by atoms with Gasteiger partial charge in [-0.3, -0.25) is 19.1 Å². The molecule has 50 heavy (non-hydrogen) atoms. The minimum Gasteiger partial charge on any atom is -0.444 e. The first-order valence-electron chi connectivity index (χ1n) is 17.4. The largest absolute Gasteiger partial charge is 0.444 e. The Balaban J connectivity index is 1.40. The van der Waals surface area contributed by atoms with Gasteiger partial charge in [-0.1, -0.05) is 55.3 Å². The Kier molecular flexibility index (Phi) is 11.1. The van der Waals surface area contributed by atoms with E-state index in [2.05, 4.69) is 15.4 Å². The maximum absolute atomic E-state index is 14.2. The molecule has 1 unspecified atom stereocenters. The number of ether oxygens (including phenoxy) is 2. The second kappa shape index (κ2) is 15.0. The van der Waals surface area contributed by atoms with Gasteiger partial charge in [-0.25, -0.2) is 18.0 Å². The van der Waals surface area contributed by atoms with Crippen molar-refractivity contribution in [1.82, 2.24) is 25.2 Å². The minimum atomic E-state index is -3.90. The quantitative estimate of drug-likeness (QED) is 0.358. The van der Waals surface area contributed by atoms with Crippen molar-refractivity contribution < 1.29 is 41.9 Å². The van der Waals surface area contributed by atoms with Crippen LogP contribution in [0.5, 0.6) is 0 Å². The minimum absolute atomic E-state index is 0.0692. The number of sulfonamides is 1. The third kappa shape index (κ3) is 9.34. The monoisotopic (exact) mass is 715 g/mol. The van der Waals surface area contributed by atoms with Crippen LogP contribution in [0.3, 0.4) is 0 Å². The van der Waals surface area contributed by atoms with Gasteiger partial charge in [0.05, 0.1) is 11.8 Å². The Hall–Kier alpha value is -4.14. The van der Waals surface area contributed by atoms with Gasteiger partial charge in [-0.15, -0.1) is 0 Å². The summed E-state index contributed by atoms with van der Waals surface area (Å²) in [6.07, 6.45) is 5.58. The second-order valence-electron chi connectivity index (χ2n) is 14.8. The van der Waals surface area contributed by atoms with Crippen molar-refractivity contribution in [1.29, 1.82) is 0 Å². The van der Waals surface area contributed by atoms with Crippen LogP contribution in [0.1, 0.15) is 84.1 Å². The molecule has 1 saturated heterocycles. The molecule has 14 nitrogen and oxygen atoms in total. The van der Waals surface area contributed by atoms with E-state index >= 15 is 0 Å². The van der Waals surface area contributed by atoms with Gasteiger partial charge in [0.2, 0.25) is 21.8 Å². The molecule has 2 aliphatic carbocycles. The normalized spacial score (nSPS) is 27.4. The van der Waals surface area contributed by atoms with Crippen molar-refractivity contribution in [3.05, 3.63) is 48.0 Å². The predicted molar refractivity (Wildman–Crippen MR) is 183 cm³/mol. The van der Waals surface area contributed by atoms with Gasteiger partial charge < -0.3 is 29.9 Å². The fourth-order valence-corrected chi connectivity index (χ4v) is 7.82. The van der Waals surface area contributed by atoms with E-state index in [1.165, 1.54) is 9.80 Å². The summed E-state index contributed by atoms with van der Waals surface area (Å²) in [6, 6.07) is 7.12. The number of nitrogens with zero attached hydrogens (tertiary/aromatic N) is 2. The third-order valence-corrected chi connectivity index (χ3v) is 11.2. The van der Waals surface area contributed by atoms with Crippen LogP contribution in [0.4, 0.5) is 9.59 Å². The van der Waals surface area contributed by atoms with E-state index in [-0.39, 0.29) is 32.4 Å². The number of nitrogens with one attached hydrogen (secondary N) is 3. The summed E-state index contributed by atoms with van der Waals surface area (Å²) in [5.74, 6) is -2.50. The van der Waals surface area contributed by atoms with Crippen LogP contribution >= 0.6 is 0 Å². The zero-order chi connectivity index (χ0) is 36.3. The Morgan fingerprint density at radius 1 is 1.06 bits per heavy atom. The summed E-state index contributed by atoms with van der Waals surface area (Å²) >= 11 is 0. The summed E-state index contributed by atoms with van der Waals surface area (Å²) in [6.45, 7) is 5.27. The summed E-state index contributed by atoms with van der Waals surface area (Å²) < 4.78 is 38.9. The zero-order valence-electron chi connectivity index (χ0n) is 29.2. The highest BCUT2D eigenvalue weighted by molar-refractivity contribution is 7.91. The lowest BCUT2D eigenvalue weighted by Crippen LogP contribution is -2.58. The van der Waals surface area contributed by atoms with Crippen LogP contribution in [0.25, 0.3) is 0 Å². The van der Waals surface area contributed by atoms with Crippen LogP contribution in [0.2, 0.25) is 0 Å². The van der Waals surface area contributed by atoms with E-state index in [1.54, 1.807) is 27.8 Å². The Bertz CT molecular complexity index is 1590. The molecule has 5 rings (SSSR count). The molecule has 1 aromatic carbocycles. The Labute approximate surface area is 293 Å². The van der Waals surface area contributed by atoms with Gasteiger partial charge in [0, 0.05) is 25.9 Å². The molecule has 4 aliphatic rings. The molecule has 5 atom stereocenters. The molecule has 0 aromatic heterocycles. The second-order valence-corrected chi connectivity index (χ2v) is 16.8. The number of hydrogen-bond acceptors (Lipinski definition) is 9. The Morgan fingerprint density at radius 2 is 1.78 bits per heavy atom. The maximum Gasteiger partial charge on any atom is 0.410 e. The van der Waals surface area contributed by atoms with Crippen LogP contribution < -0.4 is 15.4 Å². The van der Waals surface area contributed by atoms with E-state index in [1.807, 2.05) is 42.5 Å². The zero-order valence-corrected chi connectivity index (χ0v) is 30.0. The fourth-order valence-electron chi connectivity index (χ4n) is 6.45. The highest BCUT2D eigenvalue weighted by atomic mass is 32.2. The molecule has 0 radical (unpaired) electrons. The van der Waals surface area contributed by atoms with E-state index in [0.29, 0.717) is 25.7 Å². The van der Waals surface area contributed by atoms with E-state index < -0.39 is 80.4 Å². The molecule has 15 heteroatoms. The Morgan fingerprint density at radius 3 is 2.46 bits per heavy atom. The number of fused-ring (bicyclic) bond motifs is 2. The van der Waals surface area contributed by atoms with Crippen molar-refractivity contribution in [3.63, 3.8) is 0 Å². The van der Waals surface area contributed by atoms with Gasteiger partial charge in [-0.05, 0) is 64.9 Å². The lowest BCUT2D eigenvalue weighted by molar-refractivity contribution is -0.141. The molecule has 274 valence electrons. The summed E-state index contributed by atoms with van der Waals surface area (Å²) in [7, 11) is -2.31. The summed E-state index contributed by atoms with van der Waals surface area (Å²) in [4.78, 5) is 70.6. The first kappa shape index (κ1) is 37.1. The van der Waals surface area contributed by atoms with Crippen molar-refractivity contribution in [2.24, 2.45) is 5.92 Å². The van der Waals surface area contributed by atoms with Gasteiger partial charge in [0.15, 0.2) is 0 Å². The molecule has 2 aliphatic heterocycles. The van der Waals surface area contributed by atoms with E-state index in [0.717, 1.165) is 18.4 Å². The predicted octanol–water partition coefficient (Wildman–Crippen LogP) is 3.12. The standard InChI is InChI=1S/C35H49N5O9S/c1-34(2,3)49-32(44)36-27-16-12-7-5-6-11-15-24-20-35(24,31(43)38-50(46,47)26-17-18-26)37-29(41)28-19-25(22-40(28)30(27)42)48-33(45)39(4)21-23-13-9-8-10-14-23/h8-11,13-15,24-28H,5-7,12,16-22H2,1-4H3,(H,36,44)(H,37,41)(H,38,43)/t24-,25?,27+,28+,35-/m1/s1. The van der Waals surface area contributed by atoms with Gasteiger partial charge >= 0.3 is 12.2 Å². The molecular formula is C35H49N5O9S. The number of amides is 5. The topological polar surface area (TPSA) is 181 Å². The first-order chi connectivity index (χ1) is 23.6. The number of allylic oxidation sites excluding steroid dienone is 1. The van der Waals surface area contributed by atoms with Gasteiger partial charge in [-0.2, -0.15) is 0 Å². The summed E-state index contributed by atoms with van der Waals surface area (Å²) in [5, 5.41) is 4.85. The summed E-state index contributed by atoms with van der Waals surface area (Å²) in [5.41, 5.74) is -1.45. The molecule has 3 N–H and O–H groups in total. The van der Waals surface area contributed by atoms with E-state index in [9.17, 15) is 32.4 Å². The van der Waals surface area contributed by atoms with Crippen molar-refractivity contribution in [3.8, 4) is 0 Å². The maximum atomic E-state index is 14.2. The smallest absolute Gasteiger partial charge is 0.410 e. The van der Waals surface area contributed by atoms with Gasteiger partial charge in [0.25, 0.3) is 5.91 Å². The molecule has 1 aromatic rings. The average molecular weight is 716 g/mol. The number of carbonyl (C=O) groups is 5. The lowest BCUT2D eigenvalue weighted by Gasteiger charge is -2.30. The van der Waals surface area contributed by atoms with Crippen molar-refractivity contribution in [2.45, 2.75) is 120 Å². The van der Waals surface area contributed by atoms with Gasteiger partial charge in [0.1, 0.15) is 29.3 Å². The number of benzene rings is 1. The molecule has 0 spiro atoms. The van der Waals surface area contributed by atoms with Crippen molar-refractivity contribution in [2.75, 3.05) is 13.6 Å². The highest BCUT2D eigenvalue weighted by Gasteiger charge is 2.62.